The Kier molecular flexibility index (Phi) is 4.03. The zero-order chi connectivity index (χ0) is 14.0. The first-order valence-corrected chi connectivity index (χ1v) is 7.75. The normalized spacial score (nSPS) is 17.0. The summed E-state index contributed by atoms with van der Waals surface area (Å²) in [7, 11) is 1.75. The molecular weight excluding hydrogens is 264 g/mol. The number of nitrogens with zero attached hydrogens (tertiary/aromatic N) is 3. The lowest BCUT2D eigenvalue weighted by atomic mass is 9.84. The Hall–Kier alpha value is -1.24. The first-order valence-electron chi connectivity index (χ1n) is 6.52. The van der Waals surface area contributed by atoms with Gasteiger partial charge in [0.2, 0.25) is 5.82 Å². The molecule has 0 amide bonds. The molecule has 0 radical (unpaired) electrons. The van der Waals surface area contributed by atoms with Crippen LogP contribution in [0.1, 0.15) is 31.9 Å². The van der Waals surface area contributed by atoms with Crippen LogP contribution in [0, 0.1) is 10.1 Å². The Morgan fingerprint density at radius 1 is 1.58 bits per heavy atom. The monoisotopic (exact) mass is 284 g/mol. The van der Waals surface area contributed by atoms with Crippen LogP contribution in [0.5, 0.6) is 0 Å². The zero-order valence-electron chi connectivity index (χ0n) is 11.6. The molecule has 0 atom stereocenters. The summed E-state index contributed by atoms with van der Waals surface area (Å²) in [6.45, 7) is 2.64. The van der Waals surface area contributed by atoms with Gasteiger partial charge >= 0.3 is 5.69 Å². The quantitative estimate of drug-likeness (QED) is 0.642. The lowest BCUT2D eigenvalue weighted by Crippen LogP contribution is -2.40. The van der Waals surface area contributed by atoms with E-state index in [1.165, 1.54) is 19.3 Å². The van der Waals surface area contributed by atoms with Crippen molar-refractivity contribution in [2.45, 2.75) is 37.4 Å². The Morgan fingerprint density at radius 3 is 2.68 bits per heavy atom. The van der Waals surface area contributed by atoms with E-state index < -0.39 is 0 Å². The largest absolute Gasteiger partial charge is 0.363 e. The van der Waals surface area contributed by atoms with Crippen LogP contribution in [0.2, 0.25) is 0 Å². The predicted molar refractivity (Wildman–Crippen MR) is 77.8 cm³/mol. The molecule has 0 bridgehead atoms. The molecular formula is C12H20N4O2S. The molecule has 0 spiro atoms. The van der Waals surface area contributed by atoms with Gasteiger partial charge in [-0.1, -0.05) is 13.3 Å². The zero-order valence-corrected chi connectivity index (χ0v) is 12.4. The molecule has 6 nitrogen and oxygen atoms in total. The topological polar surface area (TPSA) is 73.0 Å². The Balaban J connectivity index is 2.19. The minimum absolute atomic E-state index is 0.126. The first-order chi connectivity index (χ1) is 9.03. The standard InChI is InChI=1S/C12H20N4O2S/c1-4-9-10(16(17)18)11(15(2)14-9)13-8-12(19-3)6-5-7-12/h13H,4-8H2,1-3H3. The van der Waals surface area contributed by atoms with Gasteiger partial charge in [0.25, 0.3) is 0 Å². The Morgan fingerprint density at radius 2 is 2.26 bits per heavy atom. The van der Waals surface area contributed by atoms with Crippen LogP contribution in [0.4, 0.5) is 11.5 Å². The van der Waals surface area contributed by atoms with Crippen molar-refractivity contribution in [2.24, 2.45) is 7.05 Å². The van der Waals surface area contributed by atoms with Crippen LogP contribution >= 0.6 is 11.8 Å². The molecule has 1 aromatic heterocycles. The lowest BCUT2D eigenvalue weighted by molar-refractivity contribution is -0.384. The second-order valence-corrected chi connectivity index (χ2v) is 6.25. The van der Waals surface area contributed by atoms with Crippen LogP contribution in [0.15, 0.2) is 0 Å². The highest BCUT2D eigenvalue weighted by atomic mass is 32.2. The maximum absolute atomic E-state index is 11.2. The number of nitro groups is 1. The van der Waals surface area contributed by atoms with Crippen molar-refractivity contribution in [3.05, 3.63) is 15.8 Å². The summed E-state index contributed by atoms with van der Waals surface area (Å²) in [5.41, 5.74) is 0.669. The number of rotatable bonds is 6. The molecule has 19 heavy (non-hydrogen) atoms. The number of thioether (sulfide) groups is 1. The van der Waals surface area contributed by atoms with Gasteiger partial charge in [-0.25, -0.2) is 4.68 Å². The smallest absolute Gasteiger partial charge is 0.333 e. The molecule has 1 heterocycles. The van der Waals surface area contributed by atoms with Gasteiger partial charge in [0.15, 0.2) is 0 Å². The van der Waals surface area contributed by atoms with E-state index in [4.69, 9.17) is 0 Å². The average Bonchev–Trinajstić information content (AvgIpc) is 2.65. The maximum Gasteiger partial charge on any atom is 0.333 e. The SMILES string of the molecule is CCc1nn(C)c(NCC2(SC)CCC2)c1[N+](=O)[O-]. The van der Waals surface area contributed by atoms with Gasteiger partial charge in [-0.05, 0) is 25.5 Å². The lowest BCUT2D eigenvalue weighted by Gasteiger charge is -2.40. The first kappa shape index (κ1) is 14.2. The molecule has 7 heteroatoms. The van der Waals surface area contributed by atoms with E-state index in [1.807, 2.05) is 18.7 Å². The number of aryl methyl sites for hydroxylation is 2. The molecule has 1 N–H and O–H groups in total. The number of aromatic nitrogens is 2. The number of hydrogen-bond acceptors (Lipinski definition) is 5. The Bertz CT molecular complexity index is 477. The molecule has 0 saturated heterocycles. The molecule has 1 aromatic rings. The van der Waals surface area contributed by atoms with Gasteiger partial charge in [0, 0.05) is 18.3 Å². The molecule has 2 rings (SSSR count). The van der Waals surface area contributed by atoms with Crippen LogP contribution in [0.25, 0.3) is 0 Å². The Labute approximate surface area is 117 Å². The van der Waals surface area contributed by atoms with E-state index in [1.54, 1.807) is 11.7 Å². The van der Waals surface area contributed by atoms with E-state index in [0.717, 1.165) is 6.54 Å². The maximum atomic E-state index is 11.2. The molecule has 0 aromatic carbocycles. The molecule has 1 aliphatic rings. The molecule has 1 fully saturated rings. The van der Waals surface area contributed by atoms with Gasteiger partial charge in [-0.2, -0.15) is 16.9 Å². The molecule has 1 saturated carbocycles. The highest BCUT2D eigenvalue weighted by molar-refractivity contribution is 8.00. The van der Waals surface area contributed by atoms with Gasteiger partial charge in [-0.3, -0.25) is 10.1 Å². The van der Waals surface area contributed by atoms with Crippen molar-refractivity contribution in [3.8, 4) is 0 Å². The van der Waals surface area contributed by atoms with E-state index in [9.17, 15) is 10.1 Å². The second-order valence-electron chi connectivity index (χ2n) is 4.97. The van der Waals surface area contributed by atoms with E-state index in [-0.39, 0.29) is 15.4 Å². The van der Waals surface area contributed by atoms with Crippen LogP contribution in [0.3, 0.4) is 0 Å². The average molecular weight is 284 g/mol. The van der Waals surface area contributed by atoms with Crippen LogP contribution < -0.4 is 5.32 Å². The number of hydrogen-bond donors (Lipinski definition) is 1. The van der Waals surface area contributed by atoms with Crippen LogP contribution in [-0.4, -0.2) is 32.3 Å². The fourth-order valence-corrected chi connectivity index (χ4v) is 3.38. The molecule has 106 valence electrons. The summed E-state index contributed by atoms with van der Waals surface area (Å²) in [6, 6.07) is 0. The summed E-state index contributed by atoms with van der Waals surface area (Å²) < 4.78 is 1.83. The van der Waals surface area contributed by atoms with E-state index in [2.05, 4.69) is 16.7 Å². The van der Waals surface area contributed by atoms with Crippen molar-refractivity contribution in [1.82, 2.24) is 9.78 Å². The number of nitrogens with one attached hydrogen (secondary N) is 1. The second kappa shape index (κ2) is 5.40. The van der Waals surface area contributed by atoms with E-state index in [0.29, 0.717) is 17.9 Å². The van der Waals surface area contributed by atoms with Crippen molar-refractivity contribution < 1.29 is 4.92 Å². The summed E-state index contributed by atoms with van der Waals surface area (Å²) in [4.78, 5) is 10.9. The third-order valence-corrected chi connectivity index (χ3v) is 5.30. The van der Waals surface area contributed by atoms with Gasteiger partial charge in [0.1, 0.15) is 5.69 Å². The fourth-order valence-electron chi connectivity index (χ4n) is 2.47. The minimum Gasteiger partial charge on any atom is -0.363 e. The molecule has 0 aliphatic heterocycles. The minimum atomic E-state index is -0.333. The fraction of sp³-hybridized carbons (Fsp3) is 0.750. The molecule has 0 unspecified atom stereocenters. The summed E-state index contributed by atoms with van der Waals surface area (Å²) in [6.07, 6.45) is 6.27. The molecule has 1 aliphatic carbocycles. The predicted octanol–water partition coefficient (Wildman–Crippen LogP) is 2.59. The van der Waals surface area contributed by atoms with E-state index >= 15 is 0 Å². The highest BCUT2D eigenvalue weighted by Crippen LogP contribution is 2.43. The summed E-state index contributed by atoms with van der Waals surface area (Å²) in [5.74, 6) is 0.530. The van der Waals surface area contributed by atoms with Crippen molar-refractivity contribution >= 4 is 23.3 Å². The summed E-state index contributed by atoms with van der Waals surface area (Å²) >= 11 is 1.85. The van der Waals surface area contributed by atoms with Gasteiger partial charge in [-0.15, -0.1) is 0 Å². The van der Waals surface area contributed by atoms with Gasteiger partial charge < -0.3 is 5.32 Å². The third-order valence-electron chi connectivity index (χ3n) is 3.89. The highest BCUT2D eigenvalue weighted by Gasteiger charge is 2.37. The van der Waals surface area contributed by atoms with Crippen LogP contribution in [-0.2, 0) is 13.5 Å². The van der Waals surface area contributed by atoms with Crippen molar-refractivity contribution in [2.75, 3.05) is 18.1 Å². The van der Waals surface area contributed by atoms with Crippen molar-refractivity contribution in [3.63, 3.8) is 0 Å². The van der Waals surface area contributed by atoms with Gasteiger partial charge in [0.05, 0.1) is 4.92 Å². The summed E-state index contributed by atoms with van der Waals surface area (Å²) in [5, 5.41) is 18.7. The third kappa shape index (κ3) is 2.56. The number of anilines is 1. The van der Waals surface area contributed by atoms with Crippen molar-refractivity contribution in [1.29, 1.82) is 0 Å².